The maximum atomic E-state index is 10.8. The number of rotatable bonds is 4. The topological polar surface area (TPSA) is 103 Å². The maximum absolute atomic E-state index is 10.8. The van der Waals surface area contributed by atoms with Crippen LogP contribution in [0.2, 0.25) is 0 Å². The summed E-state index contributed by atoms with van der Waals surface area (Å²) in [6.45, 7) is 0. The molecule has 0 aliphatic heterocycles. The summed E-state index contributed by atoms with van der Waals surface area (Å²) in [6.07, 6.45) is 1.60. The van der Waals surface area contributed by atoms with Crippen molar-refractivity contribution < 1.29 is 9.66 Å². The highest BCUT2D eigenvalue weighted by Gasteiger charge is 2.28. The van der Waals surface area contributed by atoms with E-state index in [1.807, 2.05) is 0 Å². The van der Waals surface area contributed by atoms with E-state index in [2.05, 4.69) is 10.3 Å². The van der Waals surface area contributed by atoms with Gasteiger partial charge in [-0.25, -0.2) is 0 Å². The fourth-order valence-corrected chi connectivity index (χ4v) is 1.77. The minimum atomic E-state index is -0.465. The van der Waals surface area contributed by atoms with Crippen LogP contribution in [0.5, 0.6) is 5.88 Å². The van der Waals surface area contributed by atoms with Gasteiger partial charge in [-0.05, 0) is 12.8 Å². The largest absolute Gasteiger partial charge is 0.481 e. The number of pyridine rings is 1. The minimum absolute atomic E-state index is 0.0497. The third kappa shape index (κ3) is 2.44. The number of nitrogens with one attached hydrogen (secondary N) is 1. The Hall–Kier alpha value is -1.89. The van der Waals surface area contributed by atoms with E-state index in [4.69, 9.17) is 10.5 Å². The van der Waals surface area contributed by atoms with Crippen LogP contribution in [0.25, 0.3) is 0 Å². The Morgan fingerprint density at radius 2 is 2.29 bits per heavy atom. The molecule has 0 bridgehead atoms. The van der Waals surface area contributed by atoms with Crippen LogP contribution in [0.1, 0.15) is 12.8 Å². The van der Waals surface area contributed by atoms with Crippen LogP contribution in [-0.4, -0.2) is 29.1 Å². The van der Waals surface area contributed by atoms with E-state index in [1.165, 1.54) is 19.2 Å². The fraction of sp³-hybridized carbons (Fsp3) is 0.500. The molecule has 0 spiro atoms. The predicted molar refractivity (Wildman–Crippen MR) is 62.1 cm³/mol. The third-order valence-corrected chi connectivity index (χ3v) is 2.77. The average Bonchev–Trinajstić information content (AvgIpc) is 2.26. The van der Waals surface area contributed by atoms with Crippen LogP contribution in [0.15, 0.2) is 12.1 Å². The van der Waals surface area contributed by atoms with Crippen molar-refractivity contribution in [3.63, 3.8) is 0 Å². The molecule has 2 rings (SSSR count). The molecule has 0 aromatic carbocycles. The van der Waals surface area contributed by atoms with Crippen molar-refractivity contribution in [1.29, 1.82) is 0 Å². The first-order chi connectivity index (χ1) is 8.10. The molecular weight excluding hydrogens is 224 g/mol. The molecule has 0 atom stereocenters. The molecule has 0 amide bonds. The smallest absolute Gasteiger partial charge is 0.311 e. The van der Waals surface area contributed by atoms with Crippen molar-refractivity contribution in [3.05, 3.63) is 22.2 Å². The van der Waals surface area contributed by atoms with Gasteiger partial charge < -0.3 is 15.8 Å². The summed E-state index contributed by atoms with van der Waals surface area (Å²) >= 11 is 0. The lowest BCUT2D eigenvalue weighted by Crippen LogP contribution is -2.44. The second-order valence-corrected chi connectivity index (χ2v) is 4.05. The van der Waals surface area contributed by atoms with Crippen LogP contribution < -0.4 is 15.8 Å². The first kappa shape index (κ1) is 11.6. The Bertz CT molecular complexity index is 432. The third-order valence-electron chi connectivity index (χ3n) is 2.77. The number of hydrogen-bond donors (Lipinski definition) is 2. The van der Waals surface area contributed by atoms with Crippen molar-refractivity contribution in [2.75, 3.05) is 12.4 Å². The van der Waals surface area contributed by atoms with E-state index in [0.717, 1.165) is 12.8 Å². The zero-order valence-corrected chi connectivity index (χ0v) is 9.42. The molecule has 0 saturated heterocycles. The number of aromatic nitrogens is 1. The lowest BCUT2D eigenvalue weighted by molar-refractivity contribution is -0.384. The Labute approximate surface area is 98.1 Å². The molecule has 0 radical (unpaired) electrons. The summed E-state index contributed by atoms with van der Waals surface area (Å²) in [5, 5.41) is 13.9. The standard InChI is InChI=1S/C10H14N4O3/c1-17-9-3-2-8(14(15)16)10(13-9)12-7-4-6(11)5-7/h2-3,6-7H,4-5,11H2,1H3,(H,12,13). The van der Waals surface area contributed by atoms with E-state index < -0.39 is 4.92 Å². The molecule has 17 heavy (non-hydrogen) atoms. The van der Waals surface area contributed by atoms with E-state index in [-0.39, 0.29) is 23.6 Å². The highest BCUT2D eigenvalue weighted by atomic mass is 16.6. The molecule has 1 aromatic rings. The van der Waals surface area contributed by atoms with Gasteiger partial charge in [-0.1, -0.05) is 0 Å². The SMILES string of the molecule is COc1ccc([N+](=O)[O-])c(NC2CC(N)C2)n1. The van der Waals surface area contributed by atoms with Crippen molar-refractivity contribution >= 4 is 11.5 Å². The quantitative estimate of drug-likeness (QED) is 0.596. The number of methoxy groups -OCH3 is 1. The molecule has 0 unspecified atom stereocenters. The molecule has 3 N–H and O–H groups in total. The van der Waals surface area contributed by atoms with Crippen molar-refractivity contribution in [2.24, 2.45) is 5.73 Å². The Balaban J connectivity index is 2.19. The minimum Gasteiger partial charge on any atom is -0.481 e. The molecule has 1 heterocycles. The predicted octanol–water partition coefficient (Wildman–Crippen LogP) is 0.900. The first-order valence-electron chi connectivity index (χ1n) is 5.31. The number of ether oxygens (including phenoxy) is 1. The van der Waals surface area contributed by atoms with Gasteiger partial charge in [0.25, 0.3) is 0 Å². The second-order valence-electron chi connectivity index (χ2n) is 4.05. The van der Waals surface area contributed by atoms with Gasteiger partial charge in [-0.3, -0.25) is 10.1 Å². The number of nitrogens with zero attached hydrogens (tertiary/aromatic N) is 2. The molecule has 7 heteroatoms. The Kier molecular flexibility index (Phi) is 3.10. The maximum Gasteiger partial charge on any atom is 0.311 e. The monoisotopic (exact) mass is 238 g/mol. The summed E-state index contributed by atoms with van der Waals surface area (Å²) in [7, 11) is 1.47. The molecule has 1 aromatic heterocycles. The summed E-state index contributed by atoms with van der Waals surface area (Å²) in [4.78, 5) is 14.4. The summed E-state index contributed by atoms with van der Waals surface area (Å²) in [6, 6.07) is 3.18. The normalized spacial score (nSPS) is 22.7. The van der Waals surface area contributed by atoms with Crippen molar-refractivity contribution in [1.82, 2.24) is 4.98 Å². The van der Waals surface area contributed by atoms with E-state index in [1.54, 1.807) is 0 Å². The van der Waals surface area contributed by atoms with Crippen molar-refractivity contribution in [3.8, 4) is 5.88 Å². The molecule has 7 nitrogen and oxygen atoms in total. The second kappa shape index (κ2) is 4.54. The van der Waals surface area contributed by atoms with Crippen LogP contribution >= 0.6 is 0 Å². The van der Waals surface area contributed by atoms with Gasteiger partial charge in [-0.2, -0.15) is 4.98 Å². The van der Waals surface area contributed by atoms with Crippen LogP contribution in [0, 0.1) is 10.1 Å². The Morgan fingerprint density at radius 3 is 2.82 bits per heavy atom. The highest BCUT2D eigenvalue weighted by molar-refractivity contribution is 5.57. The molecular formula is C10H14N4O3. The van der Waals surface area contributed by atoms with Crippen LogP contribution in [0.3, 0.4) is 0 Å². The van der Waals surface area contributed by atoms with Gasteiger partial charge >= 0.3 is 5.69 Å². The van der Waals surface area contributed by atoms with E-state index in [0.29, 0.717) is 5.88 Å². The summed E-state index contributed by atoms with van der Waals surface area (Å²) in [5.74, 6) is 0.591. The van der Waals surface area contributed by atoms with Gasteiger partial charge in [0, 0.05) is 24.2 Å². The molecule has 1 fully saturated rings. The molecule has 92 valence electrons. The van der Waals surface area contributed by atoms with Gasteiger partial charge in [0.1, 0.15) is 0 Å². The van der Waals surface area contributed by atoms with Crippen LogP contribution in [0.4, 0.5) is 11.5 Å². The van der Waals surface area contributed by atoms with Gasteiger partial charge in [0.15, 0.2) is 0 Å². The molecule has 1 aliphatic carbocycles. The average molecular weight is 238 g/mol. The zero-order chi connectivity index (χ0) is 12.4. The first-order valence-corrected chi connectivity index (χ1v) is 5.31. The van der Waals surface area contributed by atoms with Crippen LogP contribution in [-0.2, 0) is 0 Å². The van der Waals surface area contributed by atoms with Gasteiger partial charge in [-0.15, -0.1) is 0 Å². The lowest BCUT2D eigenvalue weighted by Gasteiger charge is -2.33. The number of hydrogen-bond acceptors (Lipinski definition) is 6. The van der Waals surface area contributed by atoms with E-state index >= 15 is 0 Å². The zero-order valence-electron chi connectivity index (χ0n) is 9.42. The highest BCUT2D eigenvalue weighted by Crippen LogP contribution is 2.29. The van der Waals surface area contributed by atoms with Crippen molar-refractivity contribution in [2.45, 2.75) is 24.9 Å². The van der Waals surface area contributed by atoms with Gasteiger partial charge in [0.05, 0.1) is 12.0 Å². The molecule has 1 aliphatic rings. The summed E-state index contributed by atoms with van der Waals surface area (Å²) in [5.41, 5.74) is 5.61. The van der Waals surface area contributed by atoms with Gasteiger partial charge in [0.2, 0.25) is 11.7 Å². The Morgan fingerprint density at radius 1 is 1.59 bits per heavy atom. The number of nitro groups is 1. The molecule has 1 saturated carbocycles. The fourth-order valence-electron chi connectivity index (χ4n) is 1.77. The number of nitrogens with two attached hydrogens (primary N) is 1. The lowest BCUT2D eigenvalue weighted by atomic mass is 9.88. The number of anilines is 1. The van der Waals surface area contributed by atoms with E-state index in [9.17, 15) is 10.1 Å². The summed E-state index contributed by atoms with van der Waals surface area (Å²) < 4.78 is 4.95.